The van der Waals surface area contributed by atoms with Crippen molar-refractivity contribution in [1.82, 2.24) is 4.90 Å². The van der Waals surface area contributed by atoms with Crippen LogP contribution in [0.3, 0.4) is 0 Å². The summed E-state index contributed by atoms with van der Waals surface area (Å²) in [7, 11) is 1.60. The number of ether oxygens (including phenoxy) is 2. The number of benzene rings is 1. The van der Waals surface area contributed by atoms with Gasteiger partial charge in [0.2, 0.25) is 0 Å². The van der Waals surface area contributed by atoms with Gasteiger partial charge in [-0.2, -0.15) is 0 Å². The third kappa shape index (κ3) is 6.40. The number of amides is 1. The van der Waals surface area contributed by atoms with Crippen molar-refractivity contribution in [3.05, 3.63) is 29.3 Å². The molecule has 0 radical (unpaired) electrons. The van der Waals surface area contributed by atoms with Crippen LogP contribution in [-0.2, 0) is 11.3 Å². The molecule has 0 aliphatic heterocycles. The second kappa shape index (κ2) is 8.10. The van der Waals surface area contributed by atoms with Crippen LogP contribution in [0.4, 0.5) is 13.6 Å². The smallest absolute Gasteiger partial charge is 0.410 e. The van der Waals surface area contributed by atoms with E-state index in [1.165, 1.54) is 4.90 Å². The number of hydrogen-bond donors (Lipinski definition) is 1. The van der Waals surface area contributed by atoms with Crippen LogP contribution in [0.2, 0.25) is 0 Å². The van der Waals surface area contributed by atoms with E-state index in [-0.39, 0.29) is 17.9 Å². The zero-order valence-corrected chi connectivity index (χ0v) is 13.9. The molecule has 5 nitrogen and oxygen atoms in total. The SMILES string of the molecule is CN(CCCOc1cc(F)c(CO)c(F)c1)C(=O)OC(C)(C)C. The summed E-state index contributed by atoms with van der Waals surface area (Å²) in [4.78, 5) is 13.1. The molecular formula is C16H23F2NO4. The lowest BCUT2D eigenvalue weighted by atomic mass is 10.2. The molecule has 0 fully saturated rings. The van der Waals surface area contributed by atoms with Gasteiger partial charge in [-0.05, 0) is 27.2 Å². The molecule has 0 spiro atoms. The van der Waals surface area contributed by atoms with E-state index >= 15 is 0 Å². The molecule has 0 atom stereocenters. The van der Waals surface area contributed by atoms with Crippen molar-refractivity contribution in [3.8, 4) is 5.75 Å². The molecule has 0 aliphatic carbocycles. The van der Waals surface area contributed by atoms with Crippen LogP contribution in [0.1, 0.15) is 32.8 Å². The fourth-order valence-corrected chi connectivity index (χ4v) is 1.74. The van der Waals surface area contributed by atoms with Crippen molar-refractivity contribution >= 4 is 6.09 Å². The fourth-order valence-electron chi connectivity index (χ4n) is 1.74. The summed E-state index contributed by atoms with van der Waals surface area (Å²) < 4.78 is 37.4. The van der Waals surface area contributed by atoms with Crippen LogP contribution in [0, 0.1) is 11.6 Å². The first kappa shape index (κ1) is 19.2. The third-order valence-corrected chi connectivity index (χ3v) is 2.88. The predicted molar refractivity (Wildman–Crippen MR) is 81.3 cm³/mol. The highest BCUT2D eigenvalue weighted by molar-refractivity contribution is 5.67. The first-order valence-corrected chi connectivity index (χ1v) is 7.29. The summed E-state index contributed by atoms with van der Waals surface area (Å²) in [6, 6.07) is 2.04. The summed E-state index contributed by atoms with van der Waals surface area (Å²) in [5.74, 6) is -1.67. The molecule has 7 heteroatoms. The zero-order valence-electron chi connectivity index (χ0n) is 13.9. The van der Waals surface area contributed by atoms with E-state index in [4.69, 9.17) is 14.6 Å². The molecule has 130 valence electrons. The highest BCUT2D eigenvalue weighted by Gasteiger charge is 2.19. The van der Waals surface area contributed by atoms with E-state index in [2.05, 4.69) is 0 Å². The van der Waals surface area contributed by atoms with Crippen LogP contribution in [0.25, 0.3) is 0 Å². The number of halogens is 2. The largest absolute Gasteiger partial charge is 0.493 e. The van der Waals surface area contributed by atoms with E-state index in [9.17, 15) is 13.6 Å². The second-order valence-electron chi connectivity index (χ2n) is 6.13. The number of rotatable bonds is 6. The summed E-state index contributed by atoms with van der Waals surface area (Å²) in [5.41, 5.74) is -0.951. The molecule has 0 aliphatic rings. The number of carbonyl (C=O) groups is 1. The van der Waals surface area contributed by atoms with Gasteiger partial charge in [0.15, 0.2) is 0 Å². The lowest BCUT2D eigenvalue weighted by Crippen LogP contribution is -2.35. The predicted octanol–water partition coefficient (Wildman–Crippen LogP) is 3.09. The van der Waals surface area contributed by atoms with Crippen LogP contribution in [0.5, 0.6) is 5.75 Å². The van der Waals surface area contributed by atoms with Crippen LogP contribution < -0.4 is 4.74 Å². The number of aliphatic hydroxyl groups excluding tert-OH is 1. The Balaban J connectivity index is 2.42. The summed E-state index contributed by atoms with van der Waals surface area (Å²) in [5, 5.41) is 8.83. The highest BCUT2D eigenvalue weighted by atomic mass is 19.1. The van der Waals surface area contributed by atoms with E-state index < -0.39 is 29.9 Å². The molecule has 0 bridgehead atoms. The van der Waals surface area contributed by atoms with Crippen LogP contribution >= 0.6 is 0 Å². The molecule has 1 amide bonds. The van der Waals surface area contributed by atoms with Gasteiger partial charge >= 0.3 is 6.09 Å². The van der Waals surface area contributed by atoms with Gasteiger partial charge in [0.1, 0.15) is 23.0 Å². The minimum absolute atomic E-state index is 0.0390. The number of hydrogen-bond acceptors (Lipinski definition) is 4. The molecule has 1 N–H and O–H groups in total. The van der Waals surface area contributed by atoms with Crippen LogP contribution in [-0.4, -0.2) is 41.9 Å². The fraction of sp³-hybridized carbons (Fsp3) is 0.562. The summed E-state index contributed by atoms with van der Waals surface area (Å²) >= 11 is 0. The first-order chi connectivity index (χ1) is 10.6. The second-order valence-corrected chi connectivity index (χ2v) is 6.13. The lowest BCUT2D eigenvalue weighted by molar-refractivity contribution is 0.0292. The monoisotopic (exact) mass is 331 g/mol. The number of nitrogens with zero attached hydrogens (tertiary/aromatic N) is 1. The van der Waals surface area contributed by atoms with E-state index in [0.717, 1.165) is 12.1 Å². The van der Waals surface area contributed by atoms with E-state index in [1.54, 1.807) is 27.8 Å². The maximum Gasteiger partial charge on any atom is 0.410 e. The van der Waals surface area contributed by atoms with Gasteiger partial charge in [0, 0.05) is 31.3 Å². The Labute approximate surface area is 134 Å². The number of carbonyl (C=O) groups excluding carboxylic acids is 1. The molecule has 0 heterocycles. The third-order valence-electron chi connectivity index (χ3n) is 2.88. The lowest BCUT2D eigenvalue weighted by Gasteiger charge is -2.24. The average Bonchev–Trinajstić information content (AvgIpc) is 2.41. The van der Waals surface area contributed by atoms with Crippen molar-refractivity contribution in [1.29, 1.82) is 0 Å². The summed E-state index contributed by atoms with van der Waals surface area (Å²) in [6.07, 6.45) is 0.0303. The van der Waals surface area contributed by atoms with Crippen molar-refractivity contribution in [3.63, 3.8) is 0 Å². The topological polar surface area (TPSA) is 59.0 Å². The Kier molecular flexibility index (Phi) is 6.75. The standard InChI is InChI=1S/C16H23F2NO4/c1-16(2,3)23-15(21)19(4)6-5-7-22-11-8-13(17)12(10-20)14(18)9-11/h8-9,20H,5-7,10H2,1-4H3. The van der Waals surface area contributed by atoms with Crippen molar-refractivity contribution in [2.75, 3.05) is 20.2 Å². The van der Waals surface area contributed by atoms with Gasteiger partial charge in [0.05, 0.1) is 13.2 Å². The van der Waals surface area contributed by atoms with E-state index in [1.807, 2.05) is 0 Å². The molecular weight excluding hydrogens is 308 g/mol. The molecule has 1 aromatic rings. The molecule has 0 unspecified atom stereocenters. The quantitative estimate of drug-likeness (QED) is 0.814. The van der Waals surface area contributed by atoms with Gasteiger partial charge in [-0.1, -0.05) is 0 Å². The molecule has 0 aromatic heterocycles. The van der Waals surface area contributed by atoms with Crippen molar-refractivity contribution in [2.45, 2.75) is 39.4 Å². The minimum Gasteiger partial charge on any atom is -0.493 e. The molecule has 0 saturated heterocycles. The highest BCUT2D eigenvalue weighted by Crippen LogP contribution is 2.20. The van der Waals surface area contributed by atoms with Crippen molar-refractivity contribution in [2.24, 2.45) is 0 Å². The Bertz CT molecular complexity index is 520. The summed E-state index contributed by atoms with van der Waals surface area (Å²) in [6.45, 7) is 5.20. The maximum absolute atomic E-state index is 13.5. The first-order valence-electron chi connectivity index (χ1n) is 7.29. The van der Waals surface area contributed by atoms with Crippen molar-refractivity contribution < 1.29 is 28.2 Å². The Hall–Kier alpha value is -1.89. The van der Waals surface area contributed by atoms with Gasteiger partial charge in [-0.3, -0.25) is 0 Å². The average molecular weight is 331 g/mol. The molecule has 0 saturated carbocycles. The molecule has 1 aromatic carbocycles. The van der Waals surface area contributed by atoms with Crippen LogP contribution in [0.15, 0.2) is 12.1 Å². The minimum atomic E-state index is -0.853. The van der Waals surface area contributed by atoms with Gasteiger partial charge in [-0.15, -0.1) is 0 Å². The van der Waals surface area contributed by atoms with Gasteiger partial charge in [-0.25, -0.2) is 13.6 Å². The molecule has 23 heavy (non-hydrogen) atoms. The Morgan fingerprint density at radius 3 is 2.30 bits per heavy atom. The Morgan fingerprint density at radius 1 is 1.26 bits per heavy atom. The maximum atomic E-state index is 13.5. The zero-order chi connectivity index (χ0) is 17.6. The van der Waals surface area contributed by atoms with E-state index in [0.29, 0.717) is 13.0 Å². The molecule has 1 rings (SSSR count). The Morgan fingerprint density at radius 2 is 1.83 bits per heavy atom. The van der Waals surface area contributed by atoms with Gasteiger partial charge < -0.3 is 19.5 Å². The van der Waals surface area contributed by atoms with Gasteiger partial charge in [0.25, 0.3) is 0 Å². The number of aliphatic hydroxyl groups is 1. The normalized spacial score (nSPS) is 11.3.